The van der Waals surface area contributed by atoms with Crippen LogP contribution in [0.5, 0.6) is 0 Å². The second-order valence-electron chi connectivity index (χ2n) is 2.71. The average Bonchev–Trinajstić information content (AvgIpc) is 2.16. The van der Waals surface area contributed by atoms with Crippen LogP contribution in [0.1, 0.15) is 31.1 Å². The van der Waals surface area contributed by atoms with Gasteiger partial charge in [0, 0.05) is 18.6 Å². The van der Waals surface area contributed by atoms with Crippen LogP contribution in [0.15, 0.2) is 18.2 Å². The van der Waals surface area contributed by atoms with Crippen molar-refractivity contribution in [1.29, 1.82) is 0 Å². The standard InChI is InChI=1S/C9H6O6.V/c10-7(11)4-1-5(8(12)13)3-6(2-4)9(14)15;/h1-3H,(H,10,11)(H,12,13)(H,14,15);. The molecule has 6 nitrogen and oxygen atoms in total. The summed E-state index contributed by atoms with van der Waals surface area (Å²) in [6.45, 7) is 0. The van der Waals surface area contributed by atoms with Crippen LogP contribution in [0, 0.1) is 0 Å². The minimum atomic E-state index is -1.37. The van der Waals surface area contributed by atoms with Crippen molar-refractivity contribution in [3.63, 3.8) is 0 Å². The Morgan fingerprint density at radius 3 is 1.00 bits per heavy atom. The molecule has 0 bridgehead atoms. The predicted molar refractivity (Wildman–Crippen MR) is 47.3 cm³/mol. The summed E-state index contributed by atoms with van der Waals surface area (Å²) < 4.78 is 0. The second-order valence-corrected chi connectivity index (χ2v) is 2.71. The zero-order valence-corrected chi connectivity index (χ0v) is 9.14. The van der Waals surface area contributed by atoms with E-state index in [0.29, 0.717) is 0 Å². The van der Waals surface area contributed by atoms with Gasteiger partial charge in [-0.1, -0.05) is 0 Å². The summed E-state index contributed by atoms with van der Waals surface area (Å²) in [5.41, 5.74) is -1.10. The Bertz CT molecular complexity index is 374. The SMILES string of the molecule is O=C(O)c1cc(C(=O)O)cc(C(=O)O)c1.[V]. The number of benzene rings is 1. The minimum Gasteiger partial charge on any atom is -0.478 e. The molecule has 3 N–H and O–H groups in total. The molecule has 0 amide bonds. The van der Waals surface area contributed by atoms with E-state index in [1.54, 1.807) is 0 Å². The Morgan fingerprint density at radius 2 is 0.875 bits per heavy atom. The fourth-order valence-electron chi connectivity index (χ4n) is 0.998. The van der Waals surface area contributed by atoms with E-state index in [9.17, 15) is 14.4 Å². The largest absolute Gasteiger partial charge is 0.478 e. The molecule has 7 heteroatoms. The summed E-state index contributed by atoms with van der Waals surface area (Å²) in [6, 6.07) is 2.70. The van der Waals surface area contributed by atoms with Gasteiger partial charge in [0.05, 0.1) is 16.7 Å². The van der Waals surface area contributed by atoms with E-state index in [1.807, 2.05) is 0 Å². The van der Waals surface area contributed by atoms with E-state index in [0.717, 1.165) is 18.2 Å². The maximum Gasteiger partial charge on any atom is 0.335 e. The first-order chi connectivity index (χ1) is 6.91. The Morgan fingerprint density at radius 1 is 0.688 bits per heavy atom. The van der Waals surface area contributed by atoms with Gasteiger partial charge in [0.25, 0.3) is 0 Å². The van der Waals surface area contributed by atoms with Crippen molar-refractivity contribution in [1.82, 2.24) is 0 Å². The Kier molecular flexibility index (Phi) is 4.74. The molecule has 0 atom stereocenters. The molecule has 0 spiro atoms. The van der Waals surface area contributed by atoms with Crippen LogP contribution in [0.2, 0.25) is 0 Å². The molecule has 83 valence electrons. The molecule has 0 saturated heterocycles. The molecule has 1 aromatic rings. The average molecular weight is 261 g/mol. The molecule has 0 aliphatic rings. The van der Waals surface area contributed by atoms with Gasteiger partial charge in [-0.15, -0.1) is 0 Å². The smallest absolute Gasteiger partial charge is 0.335 e. The molecule has 0 unspecified atom stereocenters. The summed E-state index contributed by atoms with van der Waals surface area (Å²) in [5.74, 6) is -4.12. The van der Waals surface area contributed by atoms with Crippen molar-refractivity contribution in [2.75, 3.05) is 0 Å². The molecule has 0 heterocycles. The maximum absolute atomic E-state index is 10.6. The van der Waals surface area contributed by atoms with Crippen molar-refractivity contribution < 1.29 is 48.3 Å². The first-order valence-electron chi connectivity index (χ1n) is 3.77. The monoisotopic (exact) mass is 261 g/mol. The van der Waals surface area contributed by atoms with Gasteiger partial charge < -0.3 is 15.3 Å². The number of rotatable bonds is 3. The second kappa shape index (κ2) is 5.34. The molecule has 0 saturated carbocycles. The van der Waals surface area contributed by atoms with E-state index in [4.69, 9.17) is 15.3 Å². The molecule has 1 radical (unpaired) electrons. The first kappa shape index (κ1) is 14.2. The fourth-order valence-corrected chi connectivity index (χ4v) is 0.998. The molecule has 1 aromatic carbocycles. The molecule has 0 aliphatic carbocycles. The van der Waals surface area contributed by atoms with E-state index in [2.05, 4.69) is 0 Å². The number of carboxylic acid groups (broad SMARTS) is 3. The third-order valence-corrected chi connectivity index (χ3v) is 1.67. The van der Waals surface area contributed by atoms with Gasteiger partial charge >= 0.3 is 17.9 Å². The van der Waals surface area contributed by atoms with Crippen molar-refractivity contribution in [3.8, 4) is 0 Å². The van der Waals surface area contributed by atoms with Gasteiger partial charge in [-0.2, -0.15) is 0 Å². The summed E-state index contributed by atoms with van der Waals surface area (Å²) >= 11 is 0. The number of hydrogen-bond acceptors (Lipinski definition) is 3. The zero-order valence-electron chi connectivity index (χ0n) is 7.75. The van der Waals surface area contributed by atoms with E-state index < -0.39 is 17.9 Å². The van der Waals surface area contributed by atoms with Gasteiger partial charge in [0.15, 0.2) is 0 Å². The van der Waals surface area contributed by atoms with E-state index >= 15 is 0 Å². The van der Waals surface area contributed by atoms with Crippen LogP contribution in [0.4, 0.5) is 0 Å². The van der Waals surface area contributed by atoms with E-state index in [-0.39, 0.29) is 35.2 Å². The van der Waals surface area contributed by atoms with Crippen LogP contribution < -0.4 is 0 Å². The van der Waals surface area contributed by atoms with Crippen molar-refractivity contribution >= 4 is 17.9 Å². The maximum atomic E-state index is 10.6. The van der Waals surface area contributed by atoms with Crippen LogP contribution in [0.3, 0.4) is 0 Å². The minimum absolute atomic E-state index is 0. The molecule has 0 fully saturated rings. The Labute approximate surface area is 101 Å². The normalized spacial score (nSPS) is 9.00. The molecular weight excluding hydrogens is 255 g/mol. The van der Waals surface area contributed by atoms with Crippen LogP contribution in [-0.2, 0) is 18.6 Å². The van der Waals surface area contributed by atoms with Gasteiger partial charge in [-0.05, 0) is 18.2 Å². The van der Waals surface area contributed by atoms with Crippen LogP contribution in [-0.4, -0.2) is 33.2 Å². The summed E-state index contributed by atoms with van der Waals surface area (Å²) in [4.78, 5) is 31.7. The van der Waals surface area contributed by atoms with Crippen molar-refractivity contribution in [3.05, 3.63) is 34.9 Å². The Balaban J connectivity index is 0.00000225. The number of hydrogen-bond donors (Lipinski definition) is 3. The van der Waals surface area contributed by atoms with Gasteiger partial charge in [0.1, 0.15) is 0 Å². The summed E-state index contributed by atoms with van der Waals surface area (Å²) in [7, 11) is 0. The third kappa shape index (κ3) is 3.11. The van der Waals surface area contributed by atoms with Gasteiger partial charge in [-0.3, -0.25) is 0 Å². The van der Waals surface area contributed by atoms with Crippen molar-refractivity contribution in [2.24, 2.45) is 0 Å². The quantitative estimate of drug-likeness (QED) is 0.741. The predicted octanol–water partition coefficient (Wildman–Crippen LogP) is 0.779. The van der Waals surface area contributed by atoms with Crippen molar-refractivity contribution in [2.45, 2.75) is 0 Å². The Hall–Kier alpha value is -1.79. The molecule has 1 rings (SSSR count). The fraction of sp³-hybridized carbons (Fsp3) is 0. The molecule has 0 aromatic heterocycles. The number of aromatic carboxylic acids is 3. The number of carbonyl (C=O) groups is 3. The summed E-state index contributed by atoms with van der Waals surface area (Å²) in [5, 5.41) is 25.8. The molecular formula is C9H6O6V. The third-order valence-electron chi connectivity index (χ3n) is 1.67. The summed E-state index contributed by atoms with van der Waals surface area (Å²) in [6.07, 6.45) is 0. The van der Waals surface area contributed by atoms with Gasteiger partial charge in [-0.25, -0.2) is 14.4 Å². The topological polar surface area (TPSA) is 112 Å². The van der Waals surface area contributed by atoms with Crippen LogP contribution in [0.25, 0.3) is 0 Å². The zero-order chi connectivity index (χ0) is 11.6. The van der Waals surface area contributed by atoms with Gasteiger partial charge in [0.2, 0.25) is 0 Å². The molecule has 0 aliphatic heterocycles. The van der Waals surface area contributed by atoms with E-state index in [1.165, 1.54) is 0 Å². The molecule has 16 heavy (non-hydrogen) atoms. The first-order valence-corrected chi connectivity index (χ1v) is 3.77. The number of carboxylic acids is 3. The van der Waals surface area contributed by atoms with Crippen LogP contribution >= 0.6 is 0 Å².